The zero-order chi connectivity index (χ0) is 15.6. The van der Waals surface area contributed by atoms with E-state index in [1.54, 1.807) is 0 Å². The maximum Gasteiger partial charge on any atom is 0.0211 e. The Hall–Kier alpha value is -0.830. The molecule has 0 saturated heterocycles. The quantitative estimate of drug-likeness (QED) is 0.304. The summed E-state index contributed by atoms with van der Waals surface area (Å²) in [5.74, 6) is 0. The molecule has 2 aromatic rings. The molecule has 0 bridgehead atoms. The van der Waals surface area contributed by atoms with Crippen LogP contribution in [0.4, 0.5) is 0 Å². The van der Waals surface area contributed by atoms with Crippen LogP contribution < -0.4 is 0 Å². The first-order valence-electron chi connectivity index (χ1n) is 8.65. The summed E-state index contributed by atoms with van der Waals surface area (Å²) in [7, 11) is 0. The molecule has 2 aromatic carbocycles. The Balaban J connectivity index is 1.93. The predicted molar refractivity (Wildman–Crippen MR) is 106 cm³/mol. The molecule has 0 radical (unpaired) electrons. The molecule has 0 aromatic heterocycles. The van der Waals surface area contributed by atoms with Crippen molar-refractivity contribution in [1.82, 2.24) is 0 Å². The van der Waals surface area contributed by atoms with Crippen molar-refractivity contribution in [2.75, 3.05) is 0 Å². The molecule has 0 nitrogen and oxygen atoms in total. The van der Waals surface area contributed by atoms with E-state index in [0.717, 1.165) is 0 Å². The maximum atomic E-state index is 2.47. The molecule has 0 heterocycles. The van der Waals surface area contributed by atoms with E-state index in [1.165, 1.54) is 71.6 Å². The van der Waals surface area contributed by atoms with Gasteiger partial charge in [0.05, 0.1) is 0 Å². The Bertz CT molecular complexity index is 545. The Morgan fingerprint density at radius 1 is 0.727 bits per heavy atom. The van der Waals surface area contributed by atoms with E-state index >= 15 is 0 Å². The van der Waals surface area contributed by atoms with E-state index in [2.05, 4.69) is 78.0 Å². The summed E-state index contributed by atoms with van der Waals surface area (Å²) in [5, 5.41) is 0. The lowest BCUT2D eigenvalue weighted by Gasteiger charge is -2.12. The lowest BCUT2D eigenvalue weighted by Crippen LogP contribution is -1.94. The Kier molecular flexibility index (Phi) is 8.00. The summed E-state index contributed by atoms with van der Waals surface area (Å²) in [6, 6.07) is 17.5. The summed E-state index contributed by atoms with van der Waals surface area (Å²) in [4.78, 5) is 0. The van der Waals surface area contributed by atoms with E-state index in [0.29, 0.717) is 0 Å². The first-order chi connectivity index (χ1) is 10.8. The standard InChI is InChI=1S/C21H27I/c1-2-3-4-5-6-7-9-13-19-16-12-17-20(22)21(19)18-14-10-8-11-15-18/h8,10-12,14-17H,2-7,9,13H2,1H3. The van der Waals surface area contributed by atoms with Crippen LogP contribution in [0.3, 0.4) is 0 Å². The number of hydrogen-bond acceptors (Lipinski definition) is 0. The lowest BCUT2D eigenvalue weighted by atomic mass is 9.95. The highest BCUT2D eigenvalue weighted by Gasteiger charge is 2.08. The van der Waals surface area contributed by atoms with Gasteiger partial charge in [-0.25, -0.2) is 0 Å². The molecule has 0 atom stereocenters. The fourth-order valence-electron chi connectivity index (χ4n) is 2.98. The van der Waals surface area contributed by atoms with Gasteiger partial charge in [-0.2, -0.15) is 0 Å². The van der Waals surface area contributed by atoms with Crippen LogP contribution in [0.15, 0.2) is 48.5 Å². The Morgan fingerprint density at radius 3 is 2.14 bits per heavy atom. The number of aryl methyl sites for hydroxylation is 1. The van der Waals surface area contributed by atoms with E-state index in [-0.39, 0.29) is 0 Å². The highest BCUT2D eigenvalue weighted by molar-refractivity contribution is 14.1. The van der Waals surface area contributed by atoms with Gasteiger partial charge in [0.25, 0.3) is 0 Å². The molecule has 0 spiro atoms. The minimum absolute atomic E-state index is 1.20. The minimum atomic E-state index is 1.20. The van der Waals surface area contributed by atoms with Crippen LogP contribution in [0.2, 0.25) is 0 Å². The van der Waals surface area contributed by atoms with Gasteiger partial charge in [0, 0.05) is 3.57 Å². The first-order valence-corrected chi connectivity index (χ1v) is 9.73. The predicted octanol–water partition coefficient (Wildman–Crippen LogP) is 7.25. The van der Waals surface area contributed by atoms with Crippen molar-refractivity contribution in [3.8, 4) is 11.1 Å². The van der Waals surface area contributed by atoms with Crippen LogP contribution in [-0.2, 0) is 6.42 Å². The van der Waals surface area contributed by atoms with Crippen LogP contribution in [0, 0.1) is 3.57 Å². The van der Waals surface area contributed by atoms with Crippen LogP contribution in [0.25, 0.3) is 11.1 Å². The fraction of sp³-hybridized carbons (Fsp3) is 0.429. The molecule has 0 saturated carbocycles. The highest BCUT2D eigenvalue weighted by atomic mass is 127. The van der Waals surface area contributed by atoms with Crippen molar-refractivity contribution in [2.24, 2.45) is 0 Å². The van der Waals surface area contributed by atoms with Crippen LogP contribution >= 0.6 is 22.6 Å². The average molecular weight is 406 g/mol. The smallest absolute Gasteiger partial charge is 0.0211 e. The molecule has 0 aliphatic heterocycles. The Morgan fingerprint density at radius 2 is 1.41 bits per heavy atom. The Labute approximate surface area is 149 Å². The fourth-order valence-corrected chi connectivity index (χ4v) is 3.84. The van der Waals surface area contributed by atoms with Gasteiger partial charge in [-0.05, 0) is 58.2 Å². The van der Waals surface area contributed by atoms with E-state index in [9.17, 15) is 0 Å². The highest BCUT2D eigenvalue weighted by Crippen LogP contribution is 2.30. The topological polar surface area (TPSA) is 0 Å². The third kappa shape index (κ3) is 5.42. The molecule has 0 aliphatic carbocycles. The third-order valence-electron chi connectivity index (χ3n) is 4.21. The first kappa shape index (κ1) is 17.5. The zero-order valence-corrected chi connectivity index (χ0v) is 15.8. The second-order valence-electron chi connectivity index (χ2n) is 6.01. The van der Waals surface area contributed by atoms with Crippen molar-refractivity contribution >= 4 is 22.6 Å². The van der Waals surface area contributed by atoms with Crippen LogP contribution in [0.5, 0.6) is 0 Å². The molecule has 22 heavy (non-hydrogen) atoms. The average Bonchev–Trinajstić information content (AvgIpc) is 2.55. The number of rotatable bonds is 9. The van der Waals surface area contributed by atoms with Gasteiger partial charge in [-0.3, -0.25) is 0 Å². The second kappa shape index (κ2) is 10.0. The van der Waals surface area contributed by atoms with E-state index in [1.807, 2.05) is 0 Å². The molecule has 0 amide bonds. The van der Waals surface area contributed by atoms with Crippen molar-refractivity contribution < 1.29 is 0 Å². The molecular formula is C21H27I. The number of halogens is 1. The summed E-state index contributed by atoms with van der Waals surface area (Å²) >= 11 is 2.47. The van der Waals surface area contributed by atoms with Gasteiger partial charge in [-0.15, -0.1) is 0 Å². The van der Waals surface area contributed by atoms with Crippen molar-refractivity contribution in [3.05, 3.63) is 57.7 Å². The van der Waals surface area contributed by atoms with Crippen molar-refractivity contribution in [2.45, 2.75) is 58.3 Å². The summed E-state index contributed by atoms with van der Waals surface area (Å²) in [6.07, 6.45) is 10.8. The summed E-state index contributed by atoms with van der Waals surface area (Å²) in [6.45, 7) is 2.28. The van der Waals surface area contributed by atoms with Gasteiger partial charge in [0.2, 0.25) is 0 Å². The largest absolute Gasteiger partial charge is 0.0654 e. The summed E-state index contributed by atoms with van der Waals surface area (Å²) in [5.41, 5.74) is 4.30. The minimum Gasteiger partial charge on any atom is -0.0654 e. The zero-order valence-electron chi connectivity index (χ0n) is 13.7. The molecule has 0 N–H and O–H groups in total. The number of benzene rings is 2. The van der Waals surface area contributed by atoms with Crippen LogP contribution in [-0.4, -0.2) is 0 Å². The molecule has 1 heteroatoms. The van der Waals surface area contributed by atoms with Crippen molar-refractivity contribution in [1.29, 1.82) is 0 Å². The maximum absolute atomic E-state index is 2.47. The molecule has 118 valence electrons. The van der Waals surface area contributed by atoms with E-state index < -0.39 is 0 Å². The van der Waals surface area contributed by atoms with Gasteiger partial charge in [0.1, 0.15) is 0 Å². The lowest BCUT2D eigenvalue weighted by molar-refractivity contribution is 0.589. The normalized spacial score (nSPS) is 10.8. The molecule has 2 rings (SSSR count). The third-order valence-corrected chi connectivity index (χ3v) is 5.11. The molecule has 0 fully saturated rings. The SMILES string of the molecule is CCCCCCCCCc1cccc(I)c1-c1ccccc1. The van der Waals surface area contributed by atoms with Gasteiger partial charge in [-0.1, -0.05) is 87.9 Å². The van der Waals surface area contributed by atoms with Crippen molar-refractivity contribution in [3.63, 3.8) is 0 Å². The van der Waals surface area contributed by atoms with Gasteiger partial charge >= 0.3 is 0 Å². The molecule has 0 aliphatic rings. The number of hydrogen-bond donors (Lipinski definition) is 0. The van der Waals surface area contributed by atoms with Crippen LogP contribution in [0.1, 0.15) is 57.4 Å². The van der Waals surface area contributed by atoms with Gasteiger partial charge in [0.15, 0.2) is 0 Å². The summed E-state index contributed by atoms with van der Waals surface area (Å²) < 4.78 is 1.37. The van der Waals surface area contributed by atoms with Gasteiger partial charge < -0.3 is 0 Å². The second-order valence-corrected chi connectivity index (χ2v) is 7.17. The number of unbranched alkanes of at least 4 members (excludes halogenated alkanes) is 6. The molecular weight excluding hydrogens is 379 g/mol. The van der Waals surface area contributed by atoms with E-state index in [4.69, 9.17) is 0 Å². The monoisotopic (exact) mass is 406 g/mol. The molecule has 0 unspecified atom stereocenters.